The summed E-state index contributed by atoms with van der Waals surface area (Å²) >= 11 is 0. The third kappa shape index (κ3) is 2.21. The van der Waals surface area contributed by atoms with E-state index < -0.39 is 0 Å². The minimum absolute atomic E-state index is 0.888. The van der Waals surface area contributed by atoms with Crippen molar-refractivity contribution in [2.24, 2.45) is 0 Å². The van der Waals surface area contributed by atoms with Crippen molar-refractivity contribution < 1.29 is 8.83 Å². The van der Waals surface area contributed by atoms with Gasteiger partial charge in [0.1, 0.15) is 16.9 Å². The molecule has 0 bridgehead atoms. The smallest absolute Gasteiger partial charge is 0.135 e. The Bertz CT molecular complexity index is 1440. The van der Waals surface area contributed by atoms with Crippen molar-refractivity contribution in [2.45, 2.75) is 0 Å². The molecule has 0 radical (unpaired) electrons. The van der Waals surface area contributed by atoms with Gasteiger partial charge in [-0.25, -0.2) is 0 Å². The van der Waals surface area contributed by atoms with Crippen LogP contribution in [-0.4, -0.2) is 0 Å². The molecule has 0 saturated heterocycles. The van der Waals surface area contributed by atoms with Gasteiger partial charge in [-0.1, -0.05) is 60.7 Å². The van der Waals surface area contributed by atoms with Crippen molar-refractivity contribution in [3.63, 3.8) is 0 Å². The third-order valence-electron chi connectivity index (χ3n) is 5.38. The lowest BCUT2D eigenvalue weighted by Gasteiger charge is -2.03. The molecule has 2 heterocycles. The van der Waals surface area contributed by atoms with Crippen LogP contribution in [0, 0.1) is 0 Å². The highest BCUT2D eigenvalue weighted by Gasteiger charge is 2.15. The van der Waals surface area contributed by atoms with Crippen molar-refractivity contribution >= 4 is 32.7 Å². The Morgan fingerprint density at radius 2 is 1.21 bits per heavy atom. The van der Waals surface area contributed by atoms with Crippen LogP contribution in [0.25, 0.3) is 55.2 Å². The van der Waals surface area contributed by atoms with E-state index in [1.54, 1.807) is 0 Å². The molecule has 2 aromatic heterocycles. The molecule has 0 unspecified atom stereocenters. The molecular weight excluding hydrogens is 344 g/mol. The number of benzene rings is 4. The number of hydrogen-bond acceptors (Lipinski definition) is 2. The number of fused-ring (bicyclic) bond motifs is 5. The fourth-order valence-corrected chi connectivity index (χ4v) is 4.04. The molecule has 0 aliphatic heterocycles. The number of rotatable bonds is 2. The van der Waals surface area contributed by atoms with Crippen molar-refractivity contribution in [3.8, 4) is 22.5 Å². The maximum Gasteiger partial charge on any atom is 0.135 e. The summed E-state index contributed by atoms with van der Waals surface area (Å²) in [5.74, 6) is 0.888. The highest BCUT2D eigenvalue weighted by Crippen LogP contribution is 2.40. The number of furan rings is 2. The Morgan fingerprint density at radius 1 is 0.536 bits per heavy atom. The third-order valence-corrected chi connectivity index (χ3v) is 5.38. The normalized spacial score (nSPS) is 11.6. The minimum Gasteiger partial charge on any atom is -0.464 e. The van der Waals surface area contributed by atoms with Gasteiger partial charge in [-0.15, -0.1) is 0 Å². The topological polar surface area (TPSA) is 26.3 Å². The first kappa shape index (κ1) is 15.3. The standard InChI is InChI=1S/C26H16O2/c1-3-7-17(8-4-1)22-16-27-24-14-11-19-20(26(22)24)12-13-23-21(19)15-25(28-23)18-9-5-2-6-10-18/h1-16H. The first-order valence-corrected chi connectivity index (χ1v) is 9.36. The summed E-state index contributed by atoms with van der Waals surface area (Å²) in [6, 6.07) is 31.1. The van der Waals surface area contributed by atoms with Crippen LogP contribution in [0.5, 0.6) is 0 Å². The molecular formula is C26H16O2. The van der Waals surface area contributed by atoms with Crippen LogP contribution >= 0.6 is 0 Å². The highest BCUT2D eigenvalue weighted by molar-refractivity contribution is 6.19. The van der Waals surface area contributed by atoms with Crippen LogP contribution in [-0.2, 0) is 0 Å². The van der Waals surface area contributed by atoms with Crippen LogP contribution in [0.3, 0.4) is 0 Å². The first-order chi connectivity index (χ1) is 13.9. The van der Waals surface area contributed by atoms with Gasteiger partial charge in [-0.3, -0.25) is 0 Å². The predicted octanol–water partition coefficient (Wildman–Crippen LogP) is 7.67. The van der Waals surface area contributed by atoms with Crippen molar-refractivity contribution in [3.05, 3.63) is 97.3 Å². The molecule has 0 spiro atoms. The second kappa shape index (κ2) is 5.86. The second-order valence-electron chi connectivity index (χ2n) is 7.00. The Labute approximate surface area is 161 Å². The van der Waals surface area contributed by atoms with E-state index in [1.807, 2.05) is 30.5 Å². The van der Waals surface area contributed by atoms with Gasteiger partial charge in [-0.05, 0) is 46.7 Å². The van der Waals surface area contributed by atoms with Crippen molar-refractivity contribution in [1.82, 2.24) is 0 Å². The maximum atomic E-state index is 6.15. The van der Waals surface area contributed by atoms with E-state index >= 15 is 0 Å². The van der Waals surface area contributed by atoms with Gasteiger partial charge >= 0.3 is 0 Å². The van der Waals surface area contributed by atoms with Crippen LogP contribution in [0.1, 0.15) is 0 Å². The van der Waals surface area contributed by atoms with E-state index in [4.69, 9.17) is 8.83 Å². The van der Waals surface area contributed by atoms with Gasteiger partial charge < -0.3 is 8.83 Å². The van der Waals surface area contributed by atoms with E-state index in [9.17, 15) is 0 Å². The Kier molecular flexibility index (Phi) is 3.20. The Morgan fingerprint density at radius 3 is 2.00 bits per heavy atom. The Hall–Kier alpha value is -3.78. The lowest BCUT2D eigenvalue weighted by atomic mass is 9.98. The molecule has 28 heavy (non-hydrogen) atoms. The molecule has 4 aromatic carbocycles. The fourth-order valence-electron chi connectivity index (χ4n) is 4.04. The second-order valence-corrected chi connectivity index (χ2v) is 7.00. The van der Waals surface area contributed by atoms with Gasteiger partial charge in [0, 0.05) is 21.9 Å². The van der Waals surface area contributed by atoms with E-state index in [0.29, 0.717) is 0 Å². The molecule has 132 valence electrons. The molecule has 0 saturated carbocycles. The van der Waals surface area contributed by atoms with Crippen LogP contribution < -0.4 is 0 Å². The van der Waals surface area contributed by atoms with Crippen LogP contribution in [0.15, 0.2) is 106 Å². The number of hydrogen-bond donors (Lipinski definition) is 0. The van der Waals surface area contributed by atoms with Gasteiger partial charge in [0.05, 0.1) is 6.26 Å². The summed E-state index contributed by atoms with van der Waals surface area (Å²) in [5, 5.41) is 4.62. The summed E-state index contributed by atoms with van der Waals surface area (Å²) < 4.78 is 12.0. The van der Waals surface area contributed by atoms with E-state index in [1.165, 1.54) is 10.8 Å². The van der Waals surface area contributed by atoms with E-state index in [0.717, 1.165) is 44.4 Å². The van der Waals surface area contributed by atoms with Gasteiger partial charge in [0.2, 0.25) is 0 Å². The summed E-state index contributed by atoms with van der Waals surface area (Å²) in [7, 11) is 0. The van der Waals surface area contributed by atoms with Crippen LogP contribution in [0.2, 0.25) is 0 Å². The van der Waals surface area contributed by atoms with E-state index in [2.05, 4.69) is 66.7 Å². The first-order valence-electron chi connectivity index (χ1n) is 9.36. The molecule has 0 atom stereocenters. The van der Waals surface area contributed by atoms with Gasteiger partial charge in [-0.2, -0.15) is 0 Å². The highest BCUT2D eigenvalue weighted by atomic mass is 16.3. The molecule has 2 nitrogen and oxygen atoms in total. The molecule has 2 heteroatoms. The SMILES string of the molecule is c1ccc(-c2cc3c(ccc4c3ccc3occ(-c5ccccc5)c34)o2)cc1. The van der Waals surface area contributed by atoms with Gasteiger partial charge in [0.25, 0.3) is 0 Å². The minimum atomic E-state index is 0.888. The quantitative estimate of drug-likeness (QED) is 0.317. The monoisotopic (exact) mass is 360 g/mol. The Balaban J connectivity index is 1.66. The largest absolute Gasteiger partial charge is 0.464 e. The molecule has 6 aromatic rings. The summed E-state index contributed by atoms with van der Waals surface area (Å²) in [4.78, 5) is 0. The van der Waals surface area contributed by atoms with Crippen molar-refractivity contribution in [1.29, 1.82) is 0 Å². The average molecular weight is 360 g/mol. The zero-order chi connectivity index (χ0) is 18.5. The molecule has 0 aliphatic rings. The summed E-state index contributed by atoms with van der Waals surface area (Å²) in [6.07, 6.45) is 1.86. The lowest BCUT2D eigenvalue weighted by molar-refractivity contribution is 0.617. The fraction of sp³-hybridized carbons (Fsp3) is 0. The lowest BCUT2D eigenvalue weighted by Crippen LogP contribution is -1.79. The molecule has 6 rings (SSSR count). The zero-order valence-electron chi connectivity index (χ0n) is 15.1. The molecule has 0 N–H and O–H groups in total. The molecule has 0 amide bonds. The predicted molar refractivity (Wildman–Crippen MR) is 114 cm³/mol. The van der Waals surface area contributed by atoms with Crippen molar-refractivity contribution in [2.75, 3.05) is 0 Å². The van der Waals surface area contributed by atoms with E-state index in [-0.39, 0.29) is 0 Å². The average Bonchev–Trinajstić information content (AvgIpc) is 3.39. The summed E-state index contributed by atoms with van der Waals surface area (Å²) in [5.41, 5.74) is 5.16. The maximum absolute atomic E-state index is 6.15. The molecule has 0 fully saturated rings. The van der Waals surface area contributed by atoms with Gasteiger partial charge in [0.15, 0.2) is 0 Å². The summed E-state index contributed by atoms with van der Waals surface area (Å²) in [6.45, 7) is 0. The zero-order valence-corrected chi connectivity index (χ0v) is 15.1. The van der Waals surface area contributed by atoms with Crippen LogP contribution in [0.4, 0.5) is 0 Å². The molecule has 0 aliphatic carbocycles.